The second kappa shape index (κ2) is 8.72. The lowest BCUT2D eigenvalue weighted by Gasteiger charge is -2.18. The second-order valence-corrected chi connectivity index (χ2v) is 10.1. The number of hydrogen-bond acceptors (Lipinski definition) is 1. The van der Waals surface area contributed by atoms with E-state index >= 15 is 0 Å². The molecule has 0 radical (unpaired) electrons. The van der Waals surface area contributed by atoms with Crippen molar-refractivity contribution in [1.82, 2.24) is 0 Å². The highest BCUT2D eigenvalue weighted by atomic mass is 16.3. The standard InChI is InChI=1S/C38H24O/c1-2-11-25(12-3-1)26-13-10-14-27(23-26)37-31-16-4-6-18-33(31)38(34-19-7-5-17-32(34)37)28-21-22-30-29-15-8-9-20-35(29)39-36(30)24-28/h1-24H. The summed E-state index contributed by atoms with van der Waals surface area (Å²) in [4.78, 5) is 0. The molecule has 0 amide bonds. The van der Waals surface area contributed by atoms with Gasteiger partial charge in [-0.3, -0.25) is 0 Å². The minimum Gasteiger partial charge on any atom is -0.456 e. The highest BCUT2D eigenvalue weighted by Crippen LogP contribution is 2.45. The van der Waals surface area contributed by atoms with E-state index in [1.165, 1.54) is 54.9 Å². The fraction of sp³-hybridized carbons (Fsp3) is 0. The van der Waals surface area contributed by atoms with Gasteiger partial charge in [0.1, 0.15) is 11.2 Å². The predicted molar refractivity (Wildman–Crippen MR) is 165 cm³/mol. The highest BCUT2D eigenvalue weighted by molar-refractivity contribution is 6.22. The van der Waals surface area contributed by atoms with E-state index in [1.807, 2.05) is 12.1 Å². The molecular formula is C38H24O. The Kier molecular flexibility index (Phi) is 4.89. The van der Waals surface area contributed by atoms with Crippen LogP contribution in [0.1, 0.15) is 0 Å². The fourth-order valence-electron chi connectivity index (χ4n) is 6.12. The molecule has 8 aromatic rings. The van der Waals surface area contributed by atoms with Gasteiger partial charge in [-0.1, -0.05) is 121 Å². The van der Waals surface area contributed by atoms with Gasteiger partial charge in [-0.05, 0) is 79.2 Å². The predicted octanol–water partition coefficient (Wildman–Crippen LogP) is 10.9. The maximum atomic E-state index is 6.29. The van der Waals surface area contributed by atoms with Gasteiger partial charge in [-0.15, -0.1) is 0 Å². The molecule has 1 aromatic heterocycles. The monoisotopic (exact) mass is 496 g/mol. The van der Waals surface area contributed by atoms with E-state index in [0.717, 1.165) is 21.9 Å². The first-order valence-electron chi connectivity index (χ1n) is 13.4. The summed E-state index contributed by atoms with van der Waals surface area (Å²) in [6.07, 6.45) is 0. The summed E-state index contributed by atoms with van der Waals surface area (Å²) in [5.41, 5.74) is 9.19. The molecule has 1 heterocycles. The summed E-state index contributed by atoms with van der Waals surface area (Å²) >= 11 is 0. The van der Waals surface area contributed by atoms with Crippen LogP contribution in [-0.4, -0.2) is 0 Å². The fourth-order valence-corrected chi connectivity index (χ4v) is 6.12. The van der Waals surface area contributed by atoms with E-state index in [-0.39, 0.29) is 0 Å². The van der Waals surface area contributed by atoms with Gasteiger partial charge in [0.25, 0.3) is 0 Å². The van der Waals surface area contributed by atoms with E-state index in [0.29, 0.717) is 0 Å². The topological polar surface area (TPSA) is 13.1 Å². The summed E-state index contributed by atoms with van der Waals surface area (Å²) in [6, 6.07) is 52.1. The molecule has 39 heavy (non-hydrogen) atoms. The molecule has 8 rings (SSSR count). The smallest absolute Gasteiger partial charge is 0.136 e. The average molecular weight is 497 g/mol. The Morgan fingerprint density at radius 2 is 0.769 bits per heavy atom. The van der Waals surface area contributed by atoms with Crippen LogP contribution in [0.4, 0.5) is 0 Å². The molecular weight excluding hydrogens is 472 g/mol. The van der Waals surface area contributed by atoms with E-state index in [2.05, 4.69) is 133 Å². The molecule has 1 nitrogen and oxygen atoms in total. The van der Waals surface area contributed by atoms with Gasteiger partial charge in [0.15, 0.2) is 0 Å². The molecule has 1 heteroatoms. The second-order valence-electron chi connectivity index (χ2n) is 10.1. The normalized spacial score (nSPS) is 11.6. The summed E-state index contributed by atoms with van der Waals surface area (Å²) in [6.45, 7) is 0. The van der Waals surface area contributed by atoms with Gasteiger partial charge in [0.2, 0.25) is 0 Å². The Bertz CT molecular complexity index is 2110. The molecule has 0 aliphatic heterocycles. The van der Waals surface area contributed by atoms with Gasteiger partial charge in [0.05, 0.1) is 0 Å². The summed E-state index contributed by atoms with van der Waals surface area (Å²) in [7, 11) is 0. The van der Waals surface area contributed by atoms with Crippen LogP contribution in [0.15, 0.2) is 150 Å². The van der Waals surface area contributed by atoms with Crippen LogP contribution < -0.4 is 0 Å². The maximum absolute atomic E-state index is 6.29. The first-order valence-corrected chi connectivity index (χ1v) is 13.4. The van der Waals surface area contributed by atoms with Crippen LogP contribution in [0.25, 0.3) is 76.9 Å². The average Bonchev–Trinajstić information content (AvgIpc) is 3.38. The zero-order chi connectivity index (χ0) is 25.8. The van der Waals surface area contributed by atoms with Crippen molar-refractivity contribution in [3.8, 4) is 33.4 Å². The van der Waals surface area contributed by atoms with Crippen molar-refractivity contribution in [2.75, 3.05) is 0 Å². The summed E-state index contributed by atoms with van der Waals surface area (Å²) < 4.78 is 6.29. The molecule has 0 unspecified atom stereocenters. The number of furan rings is 1. The molecule has 0 fully saturated rings. The van der Waals surface area contributed by atoms with Crippen molar-refractivity contribution in [3.05, 3.63) is 146 Å². The van der Waals surface area contributed by atoms with Crippen LogP contribution >= 0.6 is 0 Å². The van der Waals surface area contributed by atoms with E-state index in [9.17, 15) is 0 Å². The van der Waals surface area contributed by atoms with Crippen molar-refractivity contribution in [2.45, 2.75) is 0 Å². The Morgan fingerprint density at radius 3 is 1.44 bits per heavy atom. The summed E-state index contributed by atoms with van der Waals surface area (Å²) in [5, 5.41) is 7.29. The lowest BCUT2D eigenvalue weighted by molar-refractivity contribution is 0.669. The zero-order valence-corrected chi connectivity index (χ0v) is 21.3. The quantitative estimate of drug-likeness (QED) is 0.222. The van der Waals surface area contributed by atoms with E-state index in [4.69, 9.17) is 4.42 Å². The maximum Gasteiger partial charge on any atom is 0.136 e. The molecule has 0 N–H and O–H groups in total. The van der Waals surface area contributed by atoms with Crippen LogP contribution in [-0.2, 0) is 0 Å². The number of rotatable bonds is 3. The van der Waals surface area contributed by atoms with E-state index < -0.39 is 0 Å². The van der Waals surface area contributed by atoms with Crippen molar-refractivity contribution in [3.63, 3.8) is 0 Å². The summed E-state index contributed by atoms with van der Waals surface area (Å²) in [5.74, 6) is 0. The minimum absolute atomic E-state index is 0.918. The van der Waals surface area contributed by atoms with Gasteiger partial charge in [0, 0.05) is 10.8 Å². The molecule has 0 spiro atoms. The Morgan fingerprint density at radius 1 is 0.282 bits per heavy atom. The van der Waals surface area contributed by atoms with Gasteiger partial charge in [-0.25, -0.2) is 0 Å². The lowest BCUT2D eigenvalue weighted by Crippen LogP contribution is -1.91. The lowest BCUT2D eigenvalue weighted by atomic mass is 9.85. The molecule has 0 bridgehead atoms. The number of hydrogen-bond donors (Lipinski definition) is 0. The molecule has 182 valence electrons. The minimum atomic E-state index is 0.918. The molecule has 0 aliphatic carbocycles. The van der Waals surface area contributed by atoms with Crippen LogP contribution in [0.5, 0.6) is 0 Å². The van der Waals surface area contributed by atoms with Gasteiger partial charge < -0.3 is 4.42 Å². The number of para-hydroxylation sites is 1. The van der Waals surface area contributed by atoms with Crippen LogP contribution in [0.3, 0.4) is 0 Å². The Hall–Kier alpha value is -5.14. The number of fused-ring (bicyclic) bond motifs is 5. The first-order chi connectivity index (χ1) is 19.3. The Balaban J connectivity index is 1.43. The van der Waals surface area contributed by atoms with Crippen LogP contribution in [0, 0.1) is 0 Å². The molecule has 0 saturated carbocycles. The zero-order valence-electron chi connectivity index (χ0n) is 21.3. The van der Waals surface area contributed by atoms with Crippen molar-refractivity contribution in [2.24, 2.45) is 0 Å². The van der Waals surface area contributed by atoms with Crippen LogP contribution in [0.2, 0.25) is 0 Å². The molecule has 7 aromatic carbocycles. The molecule has 0 saturated heterocycles. The first kappa shape index (κ1) is 21.9. The third-order valence-corrected chi connectivity index (χ3v) is 7.86. The van der Waals surface area contributed by atoms with Gasteiger partial charge in [-0.2, -0.15) is 0 Å². The van der Waals surface area contributed by atoms with Crippen molar-refractivity contribution < 1.29 is 4.42 Å². The largest absolute Gasteiger partial charge is 0.456 e. The SMILES string of the molecule is c1ccc(-c2cccc(-c3c4ccccc4c(-c4ccc5c(c4)oc4ccccc45)c4ccccc34)c2)cc1. The third kappa shape index (κ3) is 3.48. The van der Waals surface area contributed by atoms with Crippen molar-refractivity contribution in [1.29, 1.82) is 0 Å². The molecule has 0 aliphatic rings. The van der Waals surface area contributed by atoms with Gasteiger partial charge >= 0.3 is 0 Å². The number of benzene rings is 7. The van der Waals surface area contributed by atoms with Crippen molar-refractivity contribution >= 4 is 43.5 Å². The van der Waals surface area contributed by atoms with E-state index in [1.54, 1.807) is 0 Å². The molecule has 0 atom stereocenters. The third-order valence-electron chi connectivity index (χ3n) is 7.86. The Labute approximate surface area is 226 Å². The highest BCUT2D eigenvalue weighted by Gasteiger charge is 2.18.